The van der Waals surface area contributed by atoms with Crippen molar-refractivity contribution in [2.45, 2.75) is 12.8 Å². The maximum absolute atomic E-state index is 5.74. The van der Waals surface area contributed by atoms with Crippen LogP contribution in [-0.4, -0.2) is 29.7 Å². The van der Waals surface area contributed by atoms with Gasteiger partial charge in [0.15, 0.2) is 0 Å². The van der Waals surface area contributed by atoms with Crippen molar-refractivity contribution in [1.82, 2.24) is 9.97 Å². The van der Waals surface area contributed by atoms with Crippen LogP contribution in [0.4, 0.5) is 5.82 Å². The number of nitrogens with zero attached hydrogens (tertiary/aromatic N) is 3. The van der Waals surface area contributed by atoms with Gasteiger partial charge < -0.3 is 9.64 Å². The molecule has 3 rings (SSSR count). The van der Waals surface area contributed by atoms with Crippen LogP contribution in [0.2, 0.25) is 0 Å². The highest BCUT2D eigenvalue weighted by Crippen LogP contribution is 2.24. The van der Waals surface area contributed by atoms with Crippen molar-refractivity contribution in [3.05, 3.63) is 34.4 Å². The predicted octanol–water partition coefficient (Wildman–Crippen LogP) is 3.60. The molecule has 6 heteroatoms. The molecule has 1 fully saturated rings. The van der Waals surface area contributed by atoms with Gasteiger partial charge in [-0.05, 0) is 40.9 Å². The van der Waals surface area contributed by atoms with Gasteiger partial charge in [0.1, 0.15) is 5.82 Å². The van der Waals surface area contributed by atoms with Crippen molar-refractivity contribution in [1.29, 1.82) is 0 Å². The highest BCUT2D eigenvalue weighted by molar-refractivity contribution is 9.10. The number of rotatable bonds is 4. The lowest BCUT2D eigenvalue weighted by Crippen LogP contribution is -2.38. The third kappa shape index (κ3) is 3.49. The maximum atomic E-state index is 5.74. The minimum Gasteiger partial charge on any atom is -0.470 e. The van der Waals surface area contributed by atoms with Gasteiger partial charge in [0, 0.05) is 41.3 Å². The van der Waals surface area contributed by atoms with E-state index in [-0.39, 0.29) is 0 Å². The first-order chi connectivity index (χ1) is 9.81. The lowest BCUT2D eigenvalue weighted by atomic mass is 9.99. The molecule has 1 aliphatic rings. The van der Waals surface area contributed by atoms with Gasteiger partial charge in [-0.1, -0.05) is 11.3 Å². The van der Waals surface area contributed by atoms with Crippen LogP contribution in [0, 0.1) is 5.92 Å². The fourth-order valence-corrected chi connectivity index (χ4v) is 3.17. The fraction of sp³-hybridized carbons (Fsp3) is 0.429. The summed E-state index contributed by atoms with van der Waals surface area (Å²) in [4.78, 5) is 11.0. The first-order valence-electron chi connectivity index (χ1n) is 6.70. The Morgan fingerprint density at radius 3 is 3.10 bits per heavy atom. The van der Waals surface area contributed by atoms with Crippen molar-refractivity contribution in [2.75, 3.05) is 24.6 Å². The van der Waals surface area contributed by atoms with E-state index in [9.17, 15) is 0 Å². The molecule has 0 spiro atoms. The van der Waals surface area contributed by atoms with Crippen molar-refractivity contribution in [3.63, 3.8) is 0 Å². The zero-order chi connectivity index (χ0) is 13.8. The van der Waals surface area contributed by atoms with E-state index in [2.05, 4.69) is 36.9 Å². The van der Waals surface area contributed by atoms with E-state index in [1.165, 1.54) is 12.8 Å². The minimum atomic E-state index is 0.540. The third-order valence-electron chi connectivity index (χ3n) is 3.41. The molecule has 0 amide bonds. The molecular weight excluding hydrogens is 338 g/mol. The van der Waals surface area contributed by atoms with Crippen LogP contribution in [-0.2, 0) is 0 Å². The van der Waals surface area contributed by atoms with E-state index in [1.807, 2.05) is 17.6 Å². The molecular formula is C14H16BrN3OS. The Morgan fingerprint density at radius 2 is 2.35 bits per heavy atom. The number of hydrogen-bond acceptors (Lipinski definition) is 5. The number of ether oxygens (including phenoxy) is 1. The molecule has 1 unspecified atom stereocenters. The van der Waals surface area contributed by atoms with Gasteiger partial charge in [0.05, 0.1) is 6.61 Å². The van der Waals surface area contributed by atoms with E-state index >= 15 is 0 Å². The van der Waals surface area contributed by atoms with Gasteiger partial charge in [-0.2, -0.15) is 0 Å². The number of thiazole rings is 1. The molecule has 4 nitrogen and oxygen atoms in total. The van der Waals surface area contributed by atoms with E-state index < -0.39 is 0 Å². The number of aromatic nitrogens is 2. The number of anilines is 1. The van der Waals surface area contributed by atoms with Crippen LogP contribution in [0.5, 0.6) is 5.19 Å². The maximum Gasteiger partial charge on any atom is 0.273 e. The van der Waals surface area contributed by atoms with Crippen LogP contribution in [0.3, 0.4) is 0 Å². The second-order valence-electron chi connectivity index (χ2n) is 4.90. The SMILES string of the molecule is Brc1ccc(N2CCCC(COc3nccs3)C2)nc1. The third-order valence-corrected chi connectivity index (χ3v) is 4.56. The summed E-state index contributed by atoms with van der Waals surface area (Å²) in [5, 5.41) is 2.71. The summed E-state index contributed by atoms with van der Waals surface area (Å²) in [6, 6.07) is 4.10. The van der Waals surface area contributed by atoms with Crippen LogP contribution in [0.1, 0.15) is 12.8 Å². The van der Waals surface area contributed by atoms with Crippen molar-refractivity contribution < 1.29 is 4.74 Å². The monoisotopic (exact) mass is 353 g/mol. The van der Waals surface area contributed by atoms with Crippen LogP contribution in [0.25, 0.3) is 0 Å². The molecule has 0 N–H and O–H groups in total. The summed E-state index contributed by atoms with van der Waals surface area (Å²) in [6.45, 7) is 2.81. The Hall–Kier alpha value is -1.14. The topological polar surface area (TPSA) is 38.2 Å². The van der Waals surface area contributed by atoms with E-state index in [0.29, 0.717) is 5.92 Å². The normalized spacial score (nSPS) is 19.1. The standard InChI is InChI=1S/C14H16BrN3OS/c15-12-3-4-13(17-8-12)18-6-1-2-11(9-18)10-19-14-16-5-7-20-14/h3-5,7-8,11H,1-2,6,9-10H2. The lowest BCUT2D eigenvalue weighted by Gasteiger charge is -2.33. The fourth-order valence-electron chi connectivity index (χ4n) is 2.44. The van der Waals surface area contributed by atoms with Crippen LogP contribution in [0.15, 0.2) is 34.4 Å². The second-order valence-corrected chi connectivity index (χ2v) is 6.67. The van der Waals surface area contributed by atoms with Gasteiger partial charge >= 0.3 is 0 Å². The minimum absolute atomic E-state index is 0.540. The van der Waals surface area contributed by atoms with Crippen molar-refractivity contribution >= 4 is 33.1 Å². The molecule has 106 valence electrons. The Kier molecular flexibility index (Phi) is 4.52. The number of pyridine rings is 1. The van der Waals surface area contributed by atoms with E-state index in [0.717, 1.165) is 35.2 Å². The average molecular weight is 354 g/mol. The molecule has 1 saturated heterocycles. The van der Waals surface area contributed by atoms with Crippen LogP contribution < -0.4 is 9.64 Å². The average Bonchev–Trinajstić information content (AvgIpc) is 3.00. The lowest BCUT2D eigenvalue weighted by molar-refractivity contribution is 0.227. The van der Waals surface area contributed by atoms with E-state index in [4.69, 9.17) is 4.74 Å². The molecule has 2 aromatic rings. The summed E-state index contributed by atoms with van der Waals surface area (Å²) in [7, 11) is 0. The molecule has 0 aromatic carbocycles. The Bertz CT molecular complexity index is 532. The Balaban J connectivity index is 1.57. The predicted molar refractivity (Wildman–Crippen MR) is 84.5 cm³/mol. The summed E-state index contributed by atoms with van der Waals surface area (Å²) in [6.07, 6.45) is 6.02. The van der Waals surface area contributed by atoms with Gasteiger partial charge in [0.2, 0.25) is 0 Å². The second kappa shape index (κ2) is 6.54. The molecule has 0 radical (unpaired) electrons. The van der Waals surface area contributed by atoms with Crippen molar-refractivity contribution in [2.24, 2.45) is 5.92 Å². The zero-order valence-corrected chi connectivity index (χ0v) is 13.4. The summed E-state index contributed by atoms with van der Waals surface area (Å²) >= 11 is 4.97. The van der Waals surface area contributed by atoms with Gasteiger partial charge in [-0.25, -0.2) is 9.97 Å². The van der Waals surface area contributed by atoms with Gasteiger partial charge in [-0.15, -0.1) is 0 Å². The summed E-state index contributed by atoms with van der Waals surface area (Å²) in [5.41, 5.74) is 0. The highest BCUT2D eigenvalue weighted by atomic mass is 79.9. The Morgan fingerprint density at radius 1 is 1.40 bits per heavy atom. The molecule has 0 aliphatic carbocycles. The molecule has 1 aliphatic heterocycles. The van der Waals surface area contributed by atoms with Crippen LogP contribution >= 0.6 is 27.3 Å². The summed E-state index contributed by atoms with van der Waals surface area (Å²) in [5.74, 6) is 1.59. The molecule has 0 saturated carbocycles. The largest absolute Gasteiger partial charge is 0.470 e. The number of piperidine rings is 1. The number of hydrogen-bond donors (Lipinski definition) is 0. The smallest absolute Gasteiger partial charge is 0.273 e. The quantitative estimate of drug-likeness (QED) is 0.841. The molecule has 3 heterocycles. The highest BCUT2D eigenvalue weighted by Gasteiger charge is 2.21. The molecule has 0 bridgehead atoms. The first-order valence-corrected chi connectivity index (χ1v) is 8.37. The zero-order valence-electron chi connectivity index (χ0n) is 11.0. The number of halogens is 1. The molecule has 2 aromatic heterocycles. The van der Waals surface area contributed by atoms with Gasteiger partial charge in [0.25, 0.3) is 5.19 Å². The van der Waals surface area contributed by atoms with E-state index in [1.54, 1.807) is 17.5 Å². The van der Waals surface area contributed by atoms with Crippen molar-refractivity contribution in [3.8, 4) is 5.19 Å². The summed E-state index contributed by atoms with van der Waals surface area (Å²) < 4.78 is 6.76. The van der Waals surface area contributed by atoms with Gasteiger partial charge in [-0.3, -0.25) is 0 Å². The molecule has 1 atom stereocenters. The molecule has 20 heavy (non-hydrogen) atoms. The Labute approximate surface area is 130 Å². The first kappa shape index (κ1) is 13.8.